The number of para-hydroxylation sites is 1. The molecule has 4 aromatic rings. The van der Waals surface area contributed by atoms with Crippen molar-refractivity contribution in [1.29, 1.82) is 0 Å². The van der Waals surface area contributed by atoms with E-state index in [4.69, 9.17) is 8.83 Å². The molecule has 30 heavy (non-hydrogen) atoms. The summed E-state index contributed by atoms with van der Waals surface area (Å²) in [6.45, 7) is 3.30. The van der Waals surface area contributed by atoms with Crippen LogP contribution in [0.1, 0.15) is 53.6 Å². The number of amides is 1. The third-order valence-corrected chi connectivity index (χ3v) is 5.10. The number of hydrogen-bond acceptors (Lipinski definition) is 7. The minimum absolute atomic E-state index is 0.0642. The number of imidazole rings is 1. The zero-order valence-electron chi connectivity index (χ0n) is 16.2. The minimum atomic E-state index is -1.38. The van der Waals surface area contributed by atoms with Crippen LogP contribution in [0.2, 0.25) is 0 Å². The smallest absolute Gasteiger partial charge is 0.312 e. The van der Waals surface area contributed by atoms with Gasteiger partial charge in [0.25, 0.3) is 0 Å². The number of rotatable bonds is 3. The van der Waals surface area contributed by atoms with E-state index in [1.807, 2.05) is 0 Å². The molecule has 1 aromatic carbocycles. The van der Waals surface area contributed by atoms with Gasteiger partial charge in [0.2, 0.25) is 5.89 Å². The number of fused-ring (bicyclic) bond motifs is 2. The first-order valence-corrected chi connectivity index (χ1v) is 9.40. The Bertz CT molecular complexity index is 1250. The number of carbonyl (C=O) groups is 1. The van der Waals surface area contributed by atoms with Crippen LogP contribution in [0, 0.1) is 5.82 Å². The normalized spacial score (nSPS) is 16.8. The molecule has 9 nitrogen and oxygen atoms in total. The third-order valence-electron chi connectivity index (χ3n) is 5.10. The minimum Gasteiger partial charge on any atom is -0.455 e. The Kier molecular flexibility index (Phi) is 4.00. The highest BCUT2D eigenvalue weighted by atomic mass is 19.1. The highest BCUT2D eigenvalue weighted by molar-refractivity contribution is 5.90. The maximum atomic E-state index is 14.2. The molecule has 0 saturated heterocycles. The Balaban J connectivity index is 1.59. The number of carbonyl (C=O) groups excluding carboxylic acids is 1. The first-order chi connectivity index (χ1) is 14.3. The van der Waals surface area contributed by atoms with Crippen LogP contribution in [-0.4, -0.2) is 42.6 Å². The molecule has 0 radical (unpaired) electrons. The molecule has 3 aromatic heterocycles. The quantitative estimate of drug-likeness (QED) is 0.532. The number of nitrogens with one attached hydrogen (secondary N) is 1. The fourth-order valence-corrected chi connectivity index (χ4v) is 3.65. The number of aliphatic hydroxyl groups is 1. The third kappa shape index (κ3) is 2.88. The van der Waals surface area contributed by atoms with Gasteiger partial charge in [-0.25, -0.2) is 9.37 Å². The molecular formula is C20H18FN5O4. The van der Waals surface area contributed by atoms with Gasteiger partial charge in [0, 0.05) is 24.0 Å². The lowest BCUT2D eigenvalue weighted by Gasteiger charge is -2.32. The molecule has 0 bridgehead atoms. The number of aromatic nitrogens is 4. The van der Waals surface area contributed by atoms with Crippen molar-refractivity contribution in [3.8, 4) is 0 Å². The predicted molar refractivity (Wildman–Crippen MR) is 101 cm³/mol. The fourth-order valence-electron chi connectivity index (χ4n) is 3.65. The lowest BCUT2D eigenvalue weighted by molar-refractivity contribution is 0.0437. The average Bonchev–Trinajstić information content (AvgIpc) is 3.44. The molecule has 1 amide bonds. The first kappa shape index (κ1) is 18.5. The summed E-state index contributed by atoms with van der Waals surface area (Å²) in [5.41, 5.74) is 0.215. The van der Waals surface area contributed by atoms with Crippen LogP contribution in [0.3, 0.4) is 0 Å². The summed E-state index contributed by atoms with van der Waals surface area (Å²) in [7, 11) is 0. The molecule has 1 aliphatic rings. The molecule has 5 rings (SSSR count). The van der Waals surface area contributed by atoms with Crippen LogP contribution in [-0.2, 0) is 12.0 Å². The Morgan fingerprint density at radius 2 is 2.17 bits per heavy atom. The van der Waals surface area contributed by atoms with Crippen molar-refractivity contribution in [3.63, 3.8) is 0 Å². The van der Waals surface area contributed by atoms with Gasteiger partial charge >= 0.3 is 11.8 Å². The van der Waals surface area contributed by atoms with Gasteiger partial charge in [-0.05, 0) is 26.0 Å². The standard InChI is InChI=1S/C20H18FN5O4/c1-20(2,28)19-25-24-17(30-19)18(27)26-7-6-12-14(23-9-22-12)15(26)13-8-10-4-3-5-11(21)16(10)29-13/h3-5,8-9,15,28H,6-7H2,1-2H3,(H,22,23)/t15-/m1/s1. The second-order valence-electron chi connectivity index (χ2n) is 7.70. The highest BCUT2D eigenvalue weighted by Gasteiger charge is 2.39. The van der Waals surface area contributed by atoms with Crippen molar-refractivity contribution >= 4 is 16.9 Å². The molecule has 154 valence electrons. The highest BCUT2D eigenvalue weighted by Crippen LogP contribution is 2.37. The molecule has 2 N–H and O–H groups in total. The molecular weight excluding hydrogens is 393 g/mol. The topological polar surface area (TPSA) is 121 Å². The van der Waals surface area contributed by atoms with Gasteiger partial charge in [0.05, 0.1) is 12.0 Å². The second kappa shape index (κ2) is 6.49. The molecule has 1 aliphatic heterocycles. The van der Waals surface area contributed by atoms with E-state index in [9.17, 15) is 14.3 Å². The van der Waals surface area contributed by atoms with E-state index in [2.05, 4.69) is 20.2 Å². The molecule has 0 fully saturated rings. The predicted octanol–water partition coefficient (Wildman–Crippen LogP) is 2.69. The average molecular weight is 411 g/mol. The number of benzene rings is 1. The van der Waals surface area contributed by atoms with Gasteiger partial charge in [0.1, 0.15) is 17.4 Å². The van der Waals surface area contributed by atoms with Gasteiger partial charge in [-0.3, -0.25) is 4.79 Å². The van der Waals surface area contributed by atoms with Gasteiger partial charge in [0.15, 0.2) is 11.4 Å². The van der Waals surface area contributed by atoms with Crippen molar-refractivity contribution in [3.05, 3.63) is 65.3 Å². The van der Waals surface area contributed by atoms with Gasteiger partial charge in [-0.1, -0.05) is 12.1 Å². The van der Waals surface area contributed by atoms with Crippen molar-refractivity contribution in [2.24, 2.45) is 0 Å². The number of hydrogen-bond donors (Lipinski definition) is 2. The number of H-pyrrole nitrogens is 1. The van der Waals surface area contributed by atoms with Crippen molar-refractivity contribution < 1.29 is 23.1 Å². The maximum Gasteiger partial charge on any atom is 0.312 e. The van der Waals surface area contributed by atoms with Crippen LogP contribution in [0.25, 0.3) is 11.0 Å². The van der Waals surface area contributed by atoms with Gasteiger partial charge in [-0.2, -0.15) is 0 Å². The summed E-state index contributed by atoms with van der Waals surface area (Å²) in [5.74, 6) is -0.957. The van der Waals surface area contributed by atoms with Crippen LogP contribution in [0.4, 0.5) is 4.39 Å². The fraction of sp³-hybridized carbons (Fsp3) is 0.300. The van der Waals surface area contributed by atoms with Crippen LogP contribution >= 0.6 is 0 Å². The van der Waals surface area contributed by atoms with Crippen LogP contribution in [0.5, 0.6) is 0 Å². The Labute approximate surface area is 169 Å². The largest absolute Gasteiger partial charge is 0.455 e. The molecule has 0 spiro atoms. The summed E-state index contributed by atoms with van der Waals surface area (Å²) in [4.78, 5) is 22.2. The van der Waals surface area contributed by atoms with Crippen molar-refractivity contribution in [2.45, 2.75) is 31.9 Å². The molecule has 0 aliphatic carbocycles. The van der Waals surface area contributed by atoms with Crippen LogP contribution < -0.4 is 0 Å². The molecule has 10 heteroatoms. The summed E-state index contributed by atoms with van der Waals surface area (Å²) in [6.07, 6.45) is 2.09. The van der Waals surface area contributed by atoms with E-state index in [-0.39, 0.29) is 17.4 Å². The summed E-state index contributed by atoms with van der Waals surface area (Å²) >= 11 is 0. The van der Waals surface area contributed by atoms with Gasteiger partial charge in [-0.15, -0.1) is 10.2 Å². The van der Waals surface area contributed by atoms with E-state index in [0.717, 1.165) is 5.69 Å². The maximum absolute atomic E-state index is 14.2. The van der Waals surface area contributed by atoms with Crippen molar-refractivity contribution in [1.82, 2.24) is 25.1 Å². The number of furan rings is 1. The zero-order valence-corrected chi connectivity index (χ0v) is 16.2. The van der Waals surface area contributed by atoms with E-state index in [1.54, 1.807) is 24.5 Å². The van der Waals surface area contributed by atoms with E-state index in [0.29, 0.717) is 29.8 Å². The van der Waals surface area contributed by atoms with E-state index >= 15 is 0 Å². The Morgan fingerprint density at radius 3 is 2.90 bits per heavy atom. The van der Waals surface area contributed by atoms with E-state index in [1.165, 1.54) is 24.8 Å². The second-order valence-corrected chi connectivity index (χ2v) is 7.70. The summed E-state index contributed by atoms with van der Waals surface area (Å²) in [6, 6.07) is 5.65. The Morgan fingerprint density at radius 1 is 1.33 bits per heavy atom. The van der Waals surface area contributed by atoms with Crippen LogP contribution in [0.15, 0.2) is 39.4 Å². The SMILES string of the molecule is CC(C)(O)c1nnc(C(=O)N2CCc3[nH]cnc3[C@H]2c2cc3cccc(F)c3o2)o1. The lowest BCUT2D eigenvalue weighted by Crippen LogP contribution is -2.40. The molecule has 0 unspecified atom stereocenters. The number of aromatic amines is 1. The zero-order chi connectivity index (χ0) is 21.0. The van der Waals surface area contributed by atoms with E-state index < -0.39 is 23.4 Å². The number of halogens is 1. The summed E-state index contributed by atoms with van der Waals surface area (Å²) < 4.78 is 25.4. The molecule has 4 heterocycles. The molecule has 1 atom stereocenters. The lowest BCUT2D eigenvalue weighted by atomic mass is 10.00. The Hall–Kier alpha value is -3.53. The summed E-state index contributed by atoms with van der Waals surface area (Å²) in [5, 5.41) is 18.2. The first-order valence-electron chi connectivity index (χ1n) is 9.40. The molecule has 0 saturated carbocycles. The van der Waals surface area contributed by atoms with Crippen molar-refractivity contribution in [2.75, 3.05) is 6.54 Å². The van der Waals surface area contributed by atoms with Gasteiger partial charge < -0.3 is 23.8 Å². The monoisotopic (exact) mass is 411 g/mol. The number of nitrogens with zero attached hydrogens (tertiary/aromatic N) is 4.